The van der Waals surface area contributed by atoms with Crippen LogP contribution in [0.2, 0.25) is 5.02 Å². The average molecular weight is 376 g/mol. The van der Waals surface area contributed by atoms with Crippen LogP contribution in [-0.2, 0) is 17.4 Å². The summed E-state index contributed by atoms with van der Waals surface area (Å²) in [6, 6.07) is 8.36. The highest BCUT2D eigenvalue weighted by Gasteiger charge is 2.29. The zero-order valence-corrected chi connectivity index (χ0v) is 13.6. The molecule has 0 spiro atoms. The molecule has 0 aliphatic heterocycles. The van der Waals surface area contributed by atoms with Gasteiger partial charge in [-0.05, 0) is 36.4 Å². The molecular weight excluding hydrogens is 362 g/mol. The minimum Gasteiger partial charge on any atom is -0.492 e. The minimum absolute atomic E-state index is 0.0576. The molecule has 0 unspecified atom stereocenters. The van der Waals surface area contributed by atoms with Gasteiger partial charge in [0.15, 0.2) is 0 Å². The van der Waals surface area contributed by atoms with Crippen LogP contribution in [0.3, 0.4) is 0 Å². The molecule has 1 N–H and O–H groups in total. The molecule has 25 heavy (non-hydrogen) atoms. The first-order valence-corrected chi connectivity index (χ1v) is 7.65. The first kappa shape index (κ1) is 19.1. The molecule has 0 saturated heterocycles. The van der Waals surface area contributed by atoms with Crippen LogP contribution in [0, 0.1) is 5.82 Å². The molecule has 2 aromatic carbocycles. The number of halogens is 5. The molecule has 3 nitrogen and oxygen atoms in total. The Morgan fingerprint density at radius 1 is 1.12 bits per heavy atom. The maximum atomic E-state index is 13.6. The highest BCUT2D eigenvalue weighted by Crippen LogP contribution is 2.30. The third kappa shape index (κ3) is 5.63. The second-order valence-corrected chi connectivity index (χ2v) is 5.50. The number of carbonyl (C=O) groups is 1. The zero-order chi connectivity index (χ0) is 18.4. The van der Waals surface area contributed by atoms with E-state index in [-0.39, 0.29) is 35.9 Å². The summed E-state index contributed by atoms with van der Waals surface area (Å²) in [4.78, 5) is 11.8. The summed E-state index contributed by atoms with van der Waals surface area (Å²) < 4.78 is 56.1. The molecule has 0 heterocycles. The van der Waals surface area contributed by atoms with Crippen molar-refractivity contribution in [3.8, 4) is 5.75 Å². The third-order valence-electron chi connectivity index (χ3n) is 3.27. The summed E-state index contributed by atoms with van der Waals surface area (Å²) in [6.45, 7) is 0.175. The molecule has 0 radical (unpaired) electrons. The van der Waals surface area contributed by atoms with E-state index >= 15 is 0 Å². The predicted octanol–water partition coefficient (Wildman–Crippen LogP) is 4.24. The van der Waals surface area contributed by atoms with E-state index in [2.05, 4.69) is 5.32 Å². The molecule has 8 heteroatoms. The molecule has 0 aliphatic carbocycles. The lowest BCUT2D eigenvalue weighted by Crippen LogP contribution is -2.29. The average Bonchev–Trinajstić information content (AvgIpc) is 2.55. The predicted molar refractivity (Wildman–Crippen MR) is 85.1 cm³/mol. The van der Waals surface area contributed by atoms with Gasteiger partial charge in [0.05, 0.1) is 18.5 Å². The Morgan fingerprint density at radius 3 is 2.40 bits per heavy atom. The Balaban J connectivity index is 1.76. The standard InChI is InChI=1S/C17H14ClF4NO2/c18-14-2-1-3-15(19)13(14)10-16(24)23-8-9-25-12-6-4-11(5-7-12)17(20,21)22/h1-7H,8-10H2,(H,23,24). The molecule has 134 valence electrons. The van der Waals surface area contributed by atoms with Crippen LogP contribution in [0.25, 0.3) is 0 Å². The van der Waals surface area contributed by atoms with Gasteiger partial charge in [0.25, 0.3) is 0 Å². The molecule has 2 aromatic rings. The fourth-order valence-electron chi connectivity index (χ4n) is 2.02. The fraction of sp³-hybridized carbons (Fsp3) is 0.235. The topological polar surface area (TPSA) is 38.3 Å². The number of nitrogens with one attached hydrogen (secondary N) is 1. The second-order valence-electron chi connectivity index (χ2n) is 5.10. The SMILES string of the molecule is O=C(Cc1c(F)cccc1Cl)NCCOc1ccc(C(F)(F)F)cc1. The van der Waals surface area contributed by atoms with Crippen LogP contribution < -0.4 is 10.1 Å². The number of amides is 1. The molecule has 1 amide bonds. The van der Waals surface area contributed by atoms with E-state index < -0.39 is 23.5 Å². The lowest BCUT2D eigenvalue weighted by atomic mass is 10.1. The molecule has 0 atom stereocenters. The van der Waals surface area contributed by atoms with E-state index in [1.165, 1.54) is 30.3 Å². The number of benzene rings is 2. The number of alkyl halides is 3. The Hall–Kier alpha value is -2.28. The Labute approximate surface area is 146 Å². The van der Waals surface area contributed by atoms with E-state index in [0.29, 0.717) is 0 Å². The largest absolute Gasteiger partial charge is 0.492 e. The number of carbonyl (C=O) groups excluding carboxylic acids is 1. The molecule has 0 saturated carbocycles. The highest BCUT2D eigenvalue weighted by molar-refractivity contribution is 6.31. The molecule has 2 rings (SSSR count). The molecule has 0 aliphatic rings. The van der Waals surface area contributed by atoms with Gasteiger partial charge in [-0.15, -0.1) is 0 Å². The quantitative estimate of drug-likeness (QED) is 0.606. The lowest BCUT2D eigenvalue weighted by molar-refractivity contribution is -0.137. The monoisotopic (exact) mass is 375 g/mol. The lowest BCUT2D eigenvalue weighted by Gasteiger charge is -2.10. The fourth-order valence-corrected chi connectivity index (χ4v) is 2.25. The van der Waals surface area contributed by atoms with Gasteiger partial charge < -0.3 is 10.1 Å². The second kappa shape index (κ2) is 8.20. The molecular formula is C17H14ClF4NO2. The van der Waals surface area contributed by atoms with E-state index in [1.807, 2.05) is 0 Å². The molecule has 0 fully saturated rings. The van der Waals surface area contributed by atoms with Crippen molar-refractivity contribution >= 4 is 17.5 Å². The van der Waals surface area contributed by atoms with Gasteiger partial charge in [-0.25, -0.2) is 4.39 Å². The van der Waals surface area contributed by atoms with Crippen molar-refractivity contribution in [2.45, 2.75) is 12.6 Å². The summed E-state index contributed by atoms with van der Waals surface area (Å²) in [6.07, 6.45) is -4.62. The van der Waals surface area contributed by atoms with E-state index in [4.69, 9.17) is 16.3 Å². The molecule has 0 aromatic heterocycles. The van der Waals surface area contributed by atoms with E-state index in [0.717, 1.165) is 12.1 Å². The van der Waals surface area contributed by atoms with Crippen LogP contribution in [0.4, 0.5) is 17.6 Å². The van der Waals surface area contributed by atoms with Gasteiger partial charge in [-0.2, -0.15) is 13.2 Å². The minimum atomic E-state index is -4.40. The van der Waals surface area contributed by atoms with Gasteiger partial charge in [-0.1, -0.05) is 17.7 Å². The van der Waals surface area contributed by atoms with Crippen molar-refractivity contribution in [1.29, 1.82) is 0 Å². The Kier molecular flexibility index (Phi) is 6.25. The van der Waals surface area contributed by atoms with Gasteiger partial charge >= 0.3 is 6.18 Å². The summed E-state index contributed by atoms with van der Waals surface area (Å²) in [7, 11) is 0. The van der Waals surface area contributed by atoms with Gasteiger partial charge in [0.1, 0.15) is 18.2 Å². The van der Waals surface area contributed by atoms with Crippen molar-refractivity contribution in [1.82, 2.24) is 5.32 Å². The summed E-state index contributed by atoms with van der Waals surface area (Å²) in [5.74, 6) is -0.758. The number of hydrogen-bond acceptors (Lipinski definition) is 2. The Bertz CT molecular complexity index is 712. The molecule has 0 bridgehead atoms. The summed E-state index contributed by atoms with van der Waals surface area (Å²) >= 11 is 5.83. The van der Waals surface area contributed by atoms with E-state index in [9.17, 15) is 22.4 Å². The number of ether oxygens (including phenoxy) is 1. The number of hydrogen-bond donors (Lipinski definition) is 1. The Morgan fingerprint density at radius 2 is 1.80 bits per heavy atom. The van der Waals surface area contributed by atoms with Crippen molar-refractivity contribution in [3.63, 3.8) is 0 Å². The van der Waals surface area contributed by atoms with Crippen LogP contribution in [0.15, 0.2) is 42.5 Å². The smallest absolute Gasteiger partial charge is 0.416 e. The first-order chi connectivity index (χ1) is 11.8. The highest BCUT2D eigenvalue weighted by atomic mass is 35.5. The van der Waals surface area contributed by atoms with Crippen molar-refractivity contribution < 1.29 is 27.1 Å². The summed E-state index contributed by atoms with van der Waals surface area (Å²) in [5, 5.41) is 2.69. The van der Waals surface area contributed by atoms with Crippen molar-refractivity contribution in [2.24, 2.45) is 0 Å². The van der Waals surface area contributed by atoms with Crippen LogP contribution in [0.5, 0.6) is 5.75 Å². The van der Waals surface area contributed by atoms with Gasteiger partial charge in [-0.3, -0.25) is 4.79 Å². The van der Waals surface area contributed by atoms with Crippen molar-refractivity contribution in [3.05, 3.63) is 64.4 Å². The van der Waals surface area contributed by atoms with Crippen LogP contribution in [0.1, 0.15) is 11.1 Å². The van der Waals surface area contributed by atoms with Gasteiger partial charge in [0, 0.05) is 10.6 Å². The van der Waals surface area contributed by atoms with Crippen molar-refractivity contribution in [2.75, 3.05) is 13.2 Å². The third-order valence-corrected chi connectivity index (χ3v) is 3.63. The number of rotatable bonds is 6. The normalized spacial score (nSPS) is 11.2. The maximum absolute atomic E-state index is 13.6. The first-order valence-electron chi connectivity index (χ1n) is 7.27. The van der Waals surface area contributed by atoms with Crippen LogP contribution in [-0.4, -0.2) is 19.1 Å². The summed E-state index contributed by atoms with van der Waals surface area (Å²) in [5.41, 5.74) is -0.666. The van der Waals surface area contributed by atoms with Crippen LogP contribution >= 0.6 is 11.6 Å². The van der Waals surface area contributed by atoms with E-state index in [1.54, 1.807) is 0 Å². The van der Waals surface area contributed by atoms with Gasteiger partial charge in [0.2, 0.25) is 5.91 Å². The maximum Gasteiger partial charge on any atom is 0.416 e. The zero-order valence-electron chi connectivity index (χ0n) is 12.9.